The van der Waals surface area contributed by atoms with Crippen molar-refractivity contribution in [3.63, 3.8) is 0 Å². The van der Waals surface area contributed by atoms with Crippen LogP contribution in [0.4, 0.5) is 5.82 Å². The molecule has 0 amide bonds. The van der Waals surface area contributed by atoms with Crippen molar-refractivity contribution in [3.8, 4) is 5.69 Å². The Kier molecular flexibility index (Phi) is 3.39. The first-order chi connectivity index (χ1) is 8.24. The normalized spacial score (nSPS) is 10.7. The largest absolute Gasteiger partial charge is 0.384 e. The second-order valence-electron chi connectivity index (χ2n) is 3.84. The van der Waals surface area contributed by atoms with Gasteiger partial charge in [-0.1, -0.05) is 23.4 Å². The van der Waals surface area contributed by atoms with E-state index in [4.69, 9.17) is 10.5 Å². The monoisotopic (exact) mass is 232 g/mol. The van der Waals surface area contributed by atoms with Crippen LogP contribution in [0, 0.1) is 6.92 Å². The van der Waals surface area contributed by atoms with Crippen molar-refractivity contribution >= 4 is 5.82 Å². The van der Waals surface area contributed by atoms with Crippen LogP contribution in [-0.2, 0) is 11.2 Å². The minimum Gasteiger partial charge on any atom is -0.384 e. The van der Waals surface area contributed by atoms with E-state index in [-0.39, 0.29) is 0 Å². The fraction of sp³-hybridized carbons (Fsp3) is 0.333. The number of para-hydroxylation sites is 1. The van der Waals surface area contributed by atoms with Crippen molar-refractivity contribution in [3.05, 3.63) is 35.5 Å². The minimum atomic E-state index is 0.464. The van der Waals surface area contributed by atoms with E-state index in [0.717, 1.165) is 17.8 Å². The van der Waals surface area contributed by atoms with E-state index >= 15 is 0 Å². The van der Waals surface area contributed by atoms with Crippen molar-refractivity contribution in [2.45, 2.75) is 13.3 Å². The number of nitrogens with two attached hydrogens (primary N) is 1. The lowest BCUT2D eigenvalue weighted by atomic mass is 10.1. The predicted octanol–water partition coefficient (Wildman–Crippen LogP) is 1.35. The summed E-state index contributed by atoms with van der Waals surface area (Å²) in [5, 5.41) is 7.93. The number of nitrogens with zero attached hydrogens (tertiary/aromatic N) is 3. The summed E-state index contributed by atoms with van der Waals surface area (Å²) in [4.78, 5) is 0. The number of ether oxygens (including phenoxy) is 1. The van der Waals surface area contributed by atoms with E-state index in [1.54, 1.807) is 11.8 Å². The smallest absolute Gasteiger partial charge is 0.169 e. The Labute approximate surface area is 100 Å². The van der Waals surface area contributed by atoms with E-state index < -0.39 is 0 Å². The molecule has 1 aromatic heterocycles. The number of aromatic nitrogens is 3. The van der Waals surface area contributed by atoms with Crippen LogP contribution in [0.1, 0.15) is 11.3 Å². The van der Waals surface area contributed by atoms with Crippen LogP contribution in [0.5, 0.6) is 0 Å². The first kappa shape index (κ1) is 11.6. The maximum absolute atomic E-state index is 5.71. The molecular weight excluding hydrogens is 216 g/mol. The Morgan fingerprint density at radius 1 is 1.35 bits per heavy atom. The topological polar surface area (TPSA) is 66.0 Å². The zero-order chi connectivity index (χ0) is 12.3. The van der Waals surface area contributed by atoms with Crippen molar-refractivity contribution in [1.82, 2.24) is 15.0 Å². The maximum atomic E-state index is 5.71. The van der Waals surface area contributed by atoms with E-state index in [0.29, 0.717) is 12.4 Å². The van der Waals surface area contributed by atoms with Crippen LogP contribution in [0.3, 0.4) is 0 Å². The average Bonchev–Trinajstić information content (AvgIpc) is 2.68. The Bertz CT molecular complexity index is 507. The fourth-order valence-corrected chi connectivity index (χ4v) is 1.71. The fourth-order valence-electron chi connectivity index (χ4n) is 1.71. The Hall–Kier alpha value is -1.88. The molecule has 0 spiro atoms. The molecule has 0 bridgehead atoms. The van der Waals surface area contributed by atoms with Crippen molar-refractivity contribution in [1.29, 1.82) is 0 Å². The van der Waals surface area contributed by atoms with Gasteiger partial charge in [0.15, 0.2) is 5.82 Å². The molecular formula is C12H16N4O. The third-order valence-electron chi connectivity index (χ3n) is 2.73. The van der Waals surface area contributed by atoms with Gasteiger partial charge < -0.3 is 10.5 Å². The van der Waals surface area contributed by atoms with Crippen molar-refractivity contribution < 1.29 is 4.74 Å². The first-order valence-electron chi connectivity index (χ1n) is 5.49. The first-order valence-corrected chi connectivity index (χ1v) is 5.49. The number of hydrogen-bond acceptors (Lipinski definition) is 4. The molecule has 1 aromatic carbocycles. The number of benzene rings is 1. The van der Waals surface area contributed by atoms with Gasteiger partial charge in [-0.15, -0.1) is 5.10 Å². The number of rotatable bonds is 4. The molecule has 2 aromatic rings. The Morgan fingerprint density at radius 3 is 2.76 bits per heavy atom. The van der Waals surface area contributed by atoms with Gasteiger partial charge in [-0.2, -0.15) is 0 Å². The molecule has 0 fully saturated rings. The van der Waals surface area contributed by atoms with Gasteiger partial charge in [0.05, 0.1) is 18.0 Å². The zero-order valence-electron chi connectivity index (χ0n) is 10.1. The quantitative estimate of drug-likeness (QED) is 0.864. The van der Waals surface area contributed by atoms with E-state index in [2.05, 4.69) is 16.4 Å². The molecule has 0 atom stereocenters. The zero-order valence-corrected chi connectivity index (χ0v) is 10.1. The van der Waals surface area contributed by atoms with Gasteiger partial charge in [-0.05, 0) is 25.0 Å². The number of methoxy groups -OCH3 is 1. The summed E-state index contributed by atoms with van der Waals surface area (Å²) in [6, 6.07) is 8.05. The molecule has 90 valence electrons. The van der Waals surface area contributed by atoms with Crippen LogP contribution in [0.25, 0.3) is 5.69 Å². The molecule has 0 aliphatic carbocycles. The highest BCUT2D eigenvalue weighted by Crippen LogP contribution is 2.18. The Balaban J connectivity index is 2.41. The summed E-state index contributed by atoms with van der Waals surface area (Å²) in [5.74, 6) is 0.464. The standard InChI is InChI=1S/C12H16N4O/c1-9-12(13)14-15-16(9)11-6-4-3-5-10(11)7-8-17-2/h3-6H,7-8,13H2,1-2H3. The third-order valence-corrected chi connectivity index (χ3v) is 2.73. The average molecular weight is 232 g/mol. The molecule has 5 nitrogen and oxygen atoms in total. The van der Waals surface area contributed by atoms with Crippen LogP contribution in [-0.4, -0.2) is 28.7 Å². The highest BCUT2D eigenvalue weighted by molar-refractivity contribution is 5.45. The van der Waals surface area contributed by atoms with Crippen molar-refractivity contribution in [2.24, 2.45) is 0 Å². The molecule has 17 heavy (non-hydrogen) atoms. The summed E-state index contributed by atoms with van der Waals surface area (Å²) >= 11 is 0. The van der Waals surface area contributed by atoms with Crippen LogP contribution in [0.15, 0.2) is 24.3 Å². The molecule has 0 saturated carbocycles. The van der Waals surface area contributed by atoms with Crippen molar-refractivity contribution in [2.75, 3.05) is 19.5 Å². The van der Waals surface area contributed by atoms with Crippen LogP contribution < -0.4 is 5.73 Å². The Morgan fingerprint density at radius 2 is 2.12 bits per heavy atom. The molecule has 2 rings (SSSR count). The maximum Gasteiger partial charge on any atom is 0.169 e. The molecule has 0 saturated heterocycles. The molecule has 0 aliphatic rings. The molecule has 2 N–H and O–H groups in total. The molecule has 1 heterocycles. The van der Waals surface area contributed by atoms with E-state index in [9.17, 15) is 0 Å². The summed E-state index contributed by atoms with van der Waals surface area (Å²) in [6.45, 7) is 2.59. The van der Waals surface area contributed by atoms with Gasteiger partial charge in [-0.3, -0.25) is 0 Å². The van der Waals surface area contributed by atoms with E-state index in [1.807, 2.05) is 25.1 Å². The summed E-state index contributed by atoms with van der Waals surface area (Å²) in [5.41, 5.74) is 8.74. The molecule has 5 heteroatoms. The van der Waals surface area contributed by atoms with Crippen LogP contribution in [0.2, 0.25) is 0 Å². The lowest BCUT2D eigenvalue weighted by Crippen LogP contribution is -2.05. The molecule has 0 radical (unpaired) electrons. The van der Waals surface area contributed by atoms with Gasteiger partial charge in [-0.25, -0.2) is 4.68 Å². The number of hydrogen-bond donors (Lipinski definition) is 1. The second kappa shape index (κ2) is 4.97. The molecule has 0 unspecified atom stereocenters. The van der Waals surface area contributed by atoms with Gasteiger partial charge in [0.1, 0.15) is 0 Å². The van der Waals surface area contributed by atoms with Gasteiger partial charge >= 0.3 is 0 Å². The summed E-state index contributed by atoms with van der Waals surface area (Å²) in [6.07, 6.45) is 0.839. The third kappa shape index (κ3) is 2.29. The van der Waals surface area contributed by atoms with Crippen LogP contribution >= 0.6 is 0 Å². The predicted molar refractivity (Wildman–Crippen MR) is 66.1 cm³/mol. The number of nitrogen functional groups attached to an aromatic ring is 1. The van der Waals surface area contributed by atoms with Gasteiger partial charge in [0.2, 0.25) is 0 Å². The highest BCUT2D eigenvalue weighted by Gasteiger charge is 2.10. The highest BCUT2D eigenvalue weighted by atomic mass is 16.5. The lowest BCUT2D eigenvalue weighted by molar-refractivity contribution is 0.202. The lowest BCUT2D eigenvalue weighted by Gasteiger charge is -2.09. The minimum absolute atomic E-state index is 0.464. The second-order valence-corrected chi connectivity index (χ2v) is 3.84. The number of anilines is 1. The van der Waals surface area contributed by atoms with E-state index in [1.165, 1.54) is 5.56 Å². The summed E-state index contributed by atoms with van der Waals surface area (Å²) < 4.78 is 6.87. The van der Waals surface area contributed by atoms with Gasteiger partial charge in [0, 0.05) is 7.11 Å². The SMILES string of the molecule is COCCc1ccccc1-n1nnc(N)c1C. The summed E-state index contributed by atoms with van der Waals surface area (Å²) in [7, 11) is 1.70. The molecule has 0 aliphatic heterocycles. The van der Waals surface area contributed by atoms with Gasteiger partial charge in [0.25, 0.3) is 0 Å².